The lowest BCUT2D eigenvalue weighted by molar-refractivity contribution is 0.397. The maximum Gasteiger partial charge on any atom is 0.384 e. The predicted octanol–water partition coefficient (Wildman–Crippen LogP) is 2.97. The first-order valence-corrected chi connectivity index (χ1v) is 8.00. The van der Waals surface area contributed by atoms with Crippen molar-refractivity contribution in [2.24, 2.45) is 0 Å². The average Bonchev–Trinajstić information content (AvgIpc) is 2.16. The fourth-order valence-corrected chi connectivity index (χ4v) is 2.88. The smallest absolute Gasteiger partial charge is 0.317 e. The number of benzene rings is 1. The molecule has 84 valence electrons. The molecule has 1 aromatic rings. The van der Waals surface area contributed by atoms with Gasteiger partial charge in [0.05, 0.1) is 0 Å². The maximum absolute atomic E-state index is 10.7. The van der Waals surface area contributed by atoms with E-state index in [-0.39, 0.29) is 0 Å². The Labute approximate surface area is 93.8 Å². The van der Waals surface area contributed by atoms with Crippen molar-refractivity contribution in [3.63, 3.8) is 0 Å². The fraction of sp³-hybridized carbons (Fsp3) is 0.400. The summed E-state index contributed by atoms with van der Waals surface area (Å²) in [5, 5.41) is 0. The van der Waals surface area contributed by atoms with Gasteiger partial charge in [-0.2, -0.15) is 0 Å². The van der Waals surface area contributed by atoms with Crippen molar-refractivity contribution in [1.29, 1.82) is 0 Å². The summed E-state index contributed by atoms with van der Waals surface area (Å²) >= 11 is 0.693. The Morgan fingerprint density at radius 3 is 2.40 bits per heavy atom. The van der Waals surface area contributed by atoms with Crippen LogP contribution < -0.4 is 0 Å². The third-order valence-corrected chi connectivity index (χ3v) is 4.20. The molecule has 0 bridgehead atoms. The highest BCUT2D eigenvalue weighted by molar-refractivity contribution is 8.54. The van der Waals surface area contributed by atoms with E-state index in [1.165, 1.54) is 5.56 Å². The van der Waals surface area contributed by atoms with E-state index in [9.17, 15) is 4.57 Å². The maximum atomic E-state index is 10.7. The zero-order chi connectivity index (χ0) is 11.3. The Morgan fingerprint density at radius 1 is 1.27 bits per heavy atom. The van der Waals surface area contributed by atoms with E-state index in [1.54, 1.807) is 0 Å². The van der Waals surface area contributed by atoms with E-state index in [0.717, 1.165) is 18.4 Å². The molecule has 0 aliphatic rings. The van der Waals surface area contributed by atoms with Crippen LogP contribution in [-0.4, -0.2) is 9.79 Å². The first kappa shape index (κ1) is 12.8. The quantitative estimate of drug-likeness (QED) is 0.784. The van der Waals surface area contributed by atoms with Crippen molar-refractivity contribution in [1.82, 2.24) is 0 Å². The molecule has 0 saturated carbocycles. The Kier molecular flexibility index (Phi) is 4.87. The highest BCUT2D eigenvalue weighted by atomic mass is 32.7. The molecule has 0 fully saturated rings. The molecule has 15 heavy (non-hydrogen) atoms. The summed E-state index contributed by atoms with van der Waals surface area (Å²) in [6, 6.07) is 7.79. The summed E-state index contributed by atoms with van der Waals surface area (Å²) in [5.41, 5.74) is 2.20. The molecule has 0 unspecified atom stereocenters. The largest absolute Gasteiger partial charge is 0.384 e. The van der Waals surface area contributed by atoms with Gasteiger partial charge in [-0.3, -0.25) is 0 Å². The summed E-state index contributed by atoms with van der Waals surface area (Å²) < 4.78 is 10.7. The second-order valence-corrected chi connectivity index (χ2v) is 7.01. The molecule has 1 rings (SSSR count). The van der Waals surface area contributed by atoms with Crippen LogP contribution in [0.3, 0.4) is 0 Å². The zero-order valence-electron chi connectivity index (χ0n) is 8.59. The van der Waals surface area contributed by atoms with E-state index in [2.05, 4.69) is 6.92 Å². The van der Waals surface area contributed by atoms with Crippen molar-refractivity contribution >= 4 is 18.2 Å². The molecule has 0 spiro atoms. The second-order valence-electron chi connectivity index (χ2n) is 3.28. The van der Waals surface area contributed by atoms with Crippen LogP contribution in [0.1, 0.15) is 24.5 Å². The molecular formula is C10H15O3PS. The van der Waals surface area contributed by atoms with Crippen LogP contribution >= 0.6 is 18.2 Å². The molecule has 1 aromatic carbocycles. The van der Waals surface area contributed by atoms with Gasteiger partial charge in [-0.25, -0.2) is 4.57 Å². The molecule has 0 radical (unpaired) electrons. The van der Waals surface area contributed by atoms with Gasteiger partial charge in [0.1, 0.15) is 0 Å². The molecule has 0 atom stereocenters. The number of hydrogen-bond acceptors (Lipinski definition) is 2. The fourth-order valence-electron chi connectivity index (χ4n) is 1.37. The van der Waals surface area contributed by atoms with Crippen LogP contribution in [0.15, 0.2) is 24.3 Å². The van der Waals surface area contributed by atoms with E-state index in [4.69, 9.17) is 9.79 Å². The highest BCUT2D eigenvalue weighted by Gasteiger charge is 2.14. The molecule has 0 aliphatic heterocycles. The predicted molar refractivity (Wildman–Crippen MR) is 63.8 cm³/mol. The van der Waals surface area contributed by atoms with Gasteiger partial charge in [-0.05, 0) is 28.9 Å². The van der Waals surface area contributed by atoms with Crippen LogP contribution in [-0.2, 0) is 16.7 Å². The Bertz CT molecular complexity index is 361. The molecule has 0 heterocycles. The molecule has 0 saturated heterocycles. The number of hydrogen-bond donors (Lipinski definition) is 2. The Morgan fingerprint density at radius 2 is 1.87 bits per heavy atom. The highest BCUT2D eigenvalue weighted by Crippen LogP contribution is 2.51. The van der Waals surface area contributed by atoms with Crippen LogP contribution in [0, 0.1) is 0 Å². The Hall–Kier alpha value is -0.280. The van der Waals surface area contributed by atoms with Crippen LogP contribution in [0.2, 0.25) is 0 Å². The minimum atomic E-state index is -3.95. The van der Waals surface area contributed by atoms with Gasteiger partial charge < -0.3 is 9.79 Å². The molecule has 0 aliphatic carbocycles. The van der Waals surface area contributed by atoms with Gasteiger partial charge in [0.15, 0.2) is 0 Å². The topological polar surface area (TPSA) is 57.5 Å². The summed E-state index contributed by atoms with van der Waals surface area (Å²) in [7, 11) is 0. The lowest BCUT2D eigenvalue weighted by atomic mass is 10.0. The minimum Gasteiger partial charge on any atom is -0.317 e. The summed E-state index contributed by atoms with van der Waals surface area (Å²) in [5.74, 6) is 0.375. The lowest BCUT2D eigenvalue weighted by Crippen LogP contribution is -1.91. The minimum absolute atomic E-state index is 0.375. The zero-order valence-corrected chi connectivity index (χ0v) is 10.3. The Balaban J connectivity index is 2.71. The standard InChI is InChI=1S/C10H15O3PS/c1-2-5-9-6-3-4-7-10(9)8-15-14(11,12)13/h3-4,6-7H,2,5,8H2,1H3,(H2,11,12,13). The van der Waals surface area contributed by atoms with Gasteiger partial charge in [-0.15, -0.1) is 0 Å². The van der Waals surface area contributed by atoms with Gasteiger partial charge in [0.2, 0.25) is 0 Å². The van der Waals surface area contributed by atoms with Crippen molar-refractivity contribution in [3.8, 4) is 0 Å². The lowest BCUT2D eigenvalue weighted by Gasteiger charge is -2.08. The number of aryl methyl sites for hydroxylation is 1. The van der Waals surface area contributed by atoms with Crippen molar-refractivity contribution in [3.05, 3.63) is 35.4 Å². The molecule has 5 heteroatoms. The van der Waals surface area contributed by atoms with Gasteiger partial charge in [0, 0.05) is 5.75 Å². The second kappa shape index (κ2) is 5.71. The third-order valence-electron chi connectivity index (χ3n) is 2.03. The molecule has 2 N–H and O–H groups in total. The van der Waals surface area contributed by atoms with Crippen molar-refractivity contribution in [2.75, 3.05) is 0 Å². The number of rotatable bonds is 5. The van der Waals surface area contributed by atoms with Crippen molar-refractivity contribution < 1.29 is 14.4 Å². The summed E-state index contributed by atoms with van der Waals surface area (Å²) in [6.07, 6.45) is 2.00. The SMILES string of the molecule is CCCc1ccccc1CSP(=O)(O)O. The van der Waals surface area contributed by atoms with E-state index in [1.807, 2.05) is 24.3 Å². The molecule has 0 amide bonds. The first-order chi connectivity index (χ1) is 7.03. The van der Waals surface area contributed by atoms with E-state index < -0.39 is 6.80 Å². The van der Waals surface area contributed by atoms with Gasteiger partial charge in [0.25, 0.3) is 0 Å². The van der Waals surface area contributed by atoms with Gasteiger partial charge in [-0.1, -0.05) is 37.6 Å². The summed E-state index contributed by atoms with van der Waals surface area (Å²) in [4.78, 5) is 17.5. The first-order valence-electron chi connectivity index (χ1n) is 4.80. The normalized spacial score (nSPS) is 11.7. The average molecular weight is 246 g/mol. The molecular weight excluding hydrogens is 231 g/mol. The van der Waals surface area contributed by atoms with Crippen molar-refractivity contribution in [2.45, 2.75) is 25.5 Å². The van der Waals surface area contributed by atoms with Crippen LogP contribution in [0.4, 0.5) is 0 Å². The van der Waals surface area contributed by atoms with Crippen LogP contribution in [0.5, 0.6) is 0 Å². The monoisotopic (exact) mass is 246 g/mol. The van der Waals surface area contributed by atoms with Gasteiger partial charge >= 0.3 is 6.80 Å². The van der Waals surface area contributed by atoms with E-state index >= 15 is 0 Å². The van der Waals surface area contributed by atoms with E-state index in [0.29, 0.717) is 17.1 Å². The van der Waals surface area contributed by atoms with Crippen LogP contribution in [0.25, 0.3) is 0 Å². The molecule has 0 aromatic heterocycles. The summed E-state index contributed by atoms with van der Waals surface area (Å²) in [6.45, 7) is -1.86. The third kappa shape index (κ3) is 4.85. The molecule has 3 nitrogen and oxygen atoms in total.